The number of hydrogen-bond donors (Lipinski definition) is 0. The fraction of sp³-hybridized carbons (Fsp3) is 0.467. The Hall–Kier alpha value is -2.04. The summed E-state index contributed by atoms with van der Waals surface area (Å²) in [5, 5.41) is 0. The number of hydrogen-bond acceptors (Lipinski definition) is 5. The predicted molar refractivity (Wildman–Crippen MR) is 73.6 cm³/mol. The minimum atomic E-state index is -0.653. The molecular formula is C15H20O5. The second-order valence-electron chi connectivity index (χ2n) is 4.09. The standard InChI is InChI=1S/C15H20O5/c1-4-19-14(16)10-13(15(17)20-5-2)11-6-8-12(18-3)9-7-11/h6-9,13H,4-5,10H2,1-3H3. The molecule has 20 heavy (non-hydrogen) atoms. The van der Waals surface area contributed by atoms with Crippen LogP contribution in [0, 0.1) is 0 Å². The number of esters is 2. The first-order valence-corrected chi connectivity index (χ1v) is 6.58. The fourth-order valence-corrected chi connectivity index (χ4v) is 1.80. The van der Waals surface area contributed by atoms with Crippen LogP contribution >= 0.6 is 0 Å². The van der Waals surface area contributed by atoms with Crippen molar-refractivity contribution in [1.82, 2.24) is 0 Å². The van der Waals surface area contributed by atoms with Gasteiger partial charge in [-0.15, -0.1) is 0 Å². The van der Waals surface area contributed by atoms with Crippen LogP contribution < -0.4 is 4.74 Å². The minimum Gasteiger partial charge on any atom is -0.497 e. The Morgan fingerprint density at radius 1 is 1.05 bits per heavy atom. The van der Waals surface area contributed by atoms with Gasteiger partial charge < -0.3 is 14.2 Å². The third-order valence-corrected chi connectivity index (χ3v) is 2.77. The van der Waals surface area contributed by atoms with E-state index >= 15 is 0 Å². The lowest BCUT2D eigenvalue weighted by Gasteiger charge is -2.15. The van der Waals surface area contributed by atoms with E-state index in [1.54, 1.807) is 45.2 Å². The molecule has 0 heterocycles. The molecule has 5 nitrogen and oxygen atoms in total. The van der Waals surface area contributed by atoms with E-state index in [9.17, 15) is 9.59 Å². The Bertz CT molecular complexity index is 438. The van der Waals surface area contributed by atoms with Gasteiger partial charge in [0.1, 0.15) is 5.75 Å². The lowest BCUT2D eigenvalue weighted by Crippen LogP contribution is -2.20. The molecule has 0 saturated heterocycles. The molecule has 5 heteroatoms. The number of rotatable bonds is 7. The average Bonchev–Trinajstić information content (AvgIpc) is 2.45. The molecule has 0 radical (unpaired) electrons. The van der Waals surface area contributed by atoms with Crippen LogP contribution in [0.25, 0.3) is 0 Å². The first-order chi connectivity index (χ1) is 9.62. The highest BCUT2D eigenvalue weighted by Crippen LogP contribution is 2.24. The third-order valence-electron chi connectivity index (χ3n) is 2.77. The highest BCUT2D eigenvalue weighted by atomic mass is 16.5. The highest BCUT2D eigenvalue weighted by molar-refractivity contribution is 5.84. The topological polar surface area (TPSA) is 61.8 Å². The Morgan fingerprint density at radius 2 is 1.65 bits per heavy atom. The molecule has 110 valence electrons. The van der Waals surface area contributed by atoms with Gasteiger partial charge >= 0.3 is 11.9 Å². The number of ether oxygens (including phenoxy) is 3. The van der Waals surface area contributed by atoms with Gasteiger partial charge in [0.15, 0.2) is 0 Å². The molecule has 0 amide bonds. The van der Waals surface area contributed by atoms with Crippen LogP contribution in [0.15, 0.2) is 24.3 Å². The van der Waals surface area contributed by atoms with E-state index in [0.717, 1.165) is 0 Å². The lowest BCUT2D eigenvalue weighted by atomic mass is 9.96. The van der Waals surface area contributed by atoms with E-state index < -0.39 is 17.9 Å². The van der Waals surface area contributed by atoms with E-state index in [1.165, 1.54) is 0 Å². The molecule has 0 N–H and O–H groups in total. The first-order valence-electron chi connectivity index (χ1n) is 6.58. The van der Waals surface area contributed by atoms with Crippen molar-refractivity contribution >= 4 is 11.9 Å². The maximum absolute atomic E-state index is 12.0. The molecule has 0 spiro atoms. The maximum Gasteiger partial charge on any atom is 0.313 e. The van der Waals surface area contributed by atoms with E-state index in [1.807, 2.05) is 0 Å². The van der Waals surface area contributed by atoms with Crippen molar-refractivity contribution in [2.24, 2.45) is 0 Å². The van der Waals surface area contributed by atoms with Crippen molar-refractivity contribution in [3.63, 3.8) is 0 Å². The van der Waals surface area contributed by atoms with Crippen molar-refractivity contribution in [1.29, 1.82) is 0 Å². The molecule has 0 aliphatic carbocycles. The monoisotopic (exact) mass is 280 g/mol. The molecule has 0 aromatic heterocycles. The Morgan fingerprint density at radius 3 is 2.15 bits per heavy atom. The zero-order chi connectivity index (χ0) is 15.0. The van der Waals surface area contributed by atoms with Gasteiger partial charge in [0.25, 0.3) is 0 Å². The maximum atomic E-state index is 12.0. The van der Waals surface area contributed by atoms with Crippen molar-refractivity contribution < 1.29 is 23.8 Å². The van der Waals surface area contributed by atoms with Crippen LogP contribution in [0.5, 0.6) is 5.75 Å². The SMILES string of the molecule is CCOC(=O)CC(C(=O)OCC)c1ccc(OC)cc1. The normalized spacial score (nSPS) is 11.6. The van der Waals surface area contributed by atoms with Crippen LogP contribution in [0.2, 0.25) is 0 Å². The average molecular weight is 280 g/mol. The second kappa shape index (κ2) is 8.19. The van der Waals surface area contributed by atoms with Gasteiger partial charge in [-0.2, -0.15) is 0 Å². The minimum absolute atomic E-state index is 0.0288. The molecular weight excluding hydrogens is 260 g/mol. The summed E-state index contributed by atoms with van der Waals surface area (Å²) >= 11 is 0. The van der Waals surface area contributed by atoms with E-state index in [4.69, 9.17) is 14.2 Å². The summed E-state index contributed by atoms with van der Waals surface area (Å²) in [6.45, 7) is 4.02. The van der Waals surface area contributed by atoms with Crippen molar-refractivity contribution in [3.05, 3.63) is 29.8 Å². The lowest BCUT2D eigenvalue weighted by molar-refractivity contribution is -0.151. The van der Waals surface area contributed by atoms with Gasteiger partial charge in [0.2, 0.25) is 0 Å². The van der Waals surface area contributed by atoms with Gasteiger partial charge in [-0.3, -0.25) is 9.59 Å². The second-order valence-corrected chi connectivity index (χ2v) is 4.09. The number of carbonyl (C=O) groups is 2. The van der Waals surface area contributed by atoms with E-state index in [-0.39, 0.29) is 19.6 Å². The first kappa shape index (κ1) is 16.0. The van der Waals surface area contributed by atoms with Crippen molar-refractivity contribution in [2.75, 3.05) is 20.3 Å². The van der Waals surface area contributed by atoms with Crippen LogP contribution in [-0.4, -0.2) is 32.3 Å². The van der Waals surface area contributed by atoms with Gasteiger partial charge in [0.05, 0.1) is 32.7 Å². The molecule has 0 saturated carbocycles. The van der Waals surface area contributed by atoms with Crippen LogP contribution in [0.4, 0.5) is 0 Å². The molecule has 1 rings (SSSR count). The zero-order valence-electron chi connectivity index (χ0n) is 12.0. The number of carbonyl (C=O) groups excluding carboxylic acids is 2. The molecule has 0 aliphatic rings. The van der Waals surface area contributed by atoms with Crippen LogP contribution in [0.3, 0.4) is 0 Å². The predicted octanol–water partition coefficient (Wildman–Crippen LogP) is 2.30. The summed E-state index contributed by atoms with van der Waals surface area (Å²) in [4.78, 5) is 23.6. The van der Waals surface area contributed by atoms with Gasteiger partial charge in [-0.25, -0.2) is 0 Å². The fourth-order valence-electron chi connectivity index (χ4n) is 1.80. The summed E-state index contributed by atoms with van der Waals surface area (Å²) in [6, 6.07) is 6.98. The summed E-state index contributed by atoms with van der Waals surface area (Å²) in [5.41, 5.74) is 0.706. The van der Waals surface area contributed by atoms with E-state index in [0.29, 0.717) is 11.3 Å². The summed E-state index contributed by atoms with van der Waals surface area (Å²) in [7, 11) is 1.57. The van der Waals surface area contributed by atoms with Crippen molar-refractivity contribution in [3.8, 4) is 5.75 Å². The van der Waals surface area contributed by atoms with E-state index in [2.05, 4.69) is 0 Å². The smallest absolute Gasteiger partial charge is 0.313 e. The molecule has 0 fully saturated rings. The highest BCUT2D eigenvalue weighted by Gasteiger charge is 2.25. The largest absolute Gasteiger partial charge is 0.497 e. The summed E-state index contributed by atoms with van der Waals surface area (Å²) in [6.07, 6.45) is -0.0288. The quantitative estimate of drug-likeness (QED) is 0.717. The molecule has 0 aliphatic heterocycles. The third kappa shape index (κ3) is 4.57. The van der Waals surface area contributed by atoms with Gasteiger partial charge in [0, 0.05) is 0 Å². The molecule has 1 unspecified atom stereocenters. The summed E-state index contributed by atoms with van der Waals surface area (Å²) < 4.78 is 15.0. The van der Waals surface area contributed by atoms with Gasteiger partial charge in [-0.1, -0.05) is 12.1 Å². The van der Waals surface area contributed by atoms with Gasteiger partial charge in [-0.05, 0) is 31.5 Å². The van der Waals surface area contributed by atoms with Crippen LogP contribution in [0.1, 0.15) is 31.7 Å². The van der Waals surface area contributed by atoms with Crippen molar-refractivity contribution in [2.45, 2.75) is 26.2 Å². The Kier molecular flexibility index (Phi) is 6.56. The Balaban J connectivity index is 2.90. The molecule has 1 aromatic rings. The number of methoxy groups -OCH3 is 1. The molecule has 1 aromatic carbocycles. The number of benzene rings is 1. The molecule has 0 bridgehead atoms. The Labute approximate surface area is 118 Å². The van der Waals surface area contributed by atoms with Crippen LogP contribution in [-0.2, 0) is 19.1 Å². The summed E-state index contributed by atoms with van der Waals surface area (Å²) in [5.74, 6) is -0.806. The molecule has 1 atom stereocenters. The zero-order valence-corrected chi connectivity index (χ0v) is 12.0.